The molecule has 0 saturated carbocycles. The van der Waals surface area contributed by atoms with Crippen LogP contribution in [-0.2, 0) is 10.2 Å². The van der Waals surface area contributed by atoms with Gasteiger partial charge in [-0.3, -0.25) is 4.79 Å². The Balaban J connectivity index is 1.42. The van der Waals surface area contributed by atoms with Crippen LogP contribution < -0.4 is 0 Å². The summed E-state index contributed by atoms with van der Waals surface area (Å²) in [5.41, 5.74) is 2.09. The van der Waals surface area contributed by atoms with Crippen molar-refractivity contribution in [1.29, 1.82) is 0 Å². The summed E-state index contributed by atoms with van der Waals surface area (Å²) in [6.45, 7) is 2.21. The molecule has 1 heterocycles. The molecular formula is C34H41F9O4S. The highest BCUT2D eigenvalue weighted by atomic mass is 32.2. The summed E-state index contributed by atoms with van der Waals surface area (Å²) < 4.78 is 117. The van der Waals surface area contributed by atoms with Crippen LogP contribution in [0.15, 0.2) is 47.4 Å². The van der Waals surface area contributed by atoms with Crippen molar-refractivity contribution in [3.63, 3.8) is 0 Å². The Morgan fingerprint density at radius 2 is 1.33 bits per heavy atom. The van der Waals surface area contributed by atoms with E-state index in [2.05, 4.69) is 6.92 Å². The van der Waals surface area contributed by atoms with Crippen LogP contribution in [0.1, 0.15) is 101 Å². The van der Waals surface area contributed by atoms with Crippen LogP contribution in [0.2, 0.25) is 0 Å². The topological polar surface area (TPSA) is 77.8 Å². The average molecular weight is 717 g/mol. The summed E-state index contributed by atoms with van der Waals surface area (Å²) in [5.74, 6) is -20.6. The molecular weight excluding hydrogens is 675 g/mol. The van der Waals surface area contributed by atoms with E-state index in [0.29, 0.717) is 12.8 Å². The van der Waals surface area contributed by atoms with Crippen LogP contribution in [0, 0.1) is 5.92 Å². The Kier molecular flexibility index (Phi) is 13.1. The second kappa shape index (κ2) is 15.8. The van der Waals surface area contributed by atoms with E-state index in [1.165, 1.54) is 5.56 Å². The third kappa shape index (κ3) is 9.06. The molecule has 2 aromatic rings. The monoisotopic (exact) mass is 716 g/mol. The minimum Gasteiger partial charge on any atom is -0.508 e. The number of aromatic hydroxyl groups is 2. The molecule has 270 valence electrons. The molecule has 0 saturated heterocycles. The first-order valence-electron chi connectivity index (χ1n) is 15.9. The molecule has 2 aromatic carbocycles. The first kappa shape index (κ1) is 39.7. The van der Waals surface area contributed by atoms with Crippen LogP contribution in [0.5, 0.6) is 11.5 Å². The van der Waals surface area contributed by atoms with Crippen molar-refractivity contribution in [2.45, 2.75) is 124 Å². The van der Waals surface area contributed by atoms with Gasteiger partial charge in [-0.05, 0) is 67.0 Å². The lowest BCUT2D eigenvalue weighted by atomic mass is 9.68. The summed E-state index contributed by atoms with van der Waals surface area (Å²) in [4.78, 5) is 12.6. The SMILES string of the molecule is CC1(c2ccc(O)cc2)CSc2cc(O)ccc2C1CCCCCCCCCC(CCCC(F)(F)C(F)(F)C(F)(F)C(F)(F)F)C(=O)O. The molecule has 3 rings (SSSR count). The van der Waals surface area contributed by atoms with E-state index in [9.17, 15) is 59.6 Å². The maximum atomic E-state index is 13.8. The number of carboxylic acids is 1. The molecule has 0 aliphatic carbocycles. The van der Waals surface area contributed by atoms with Crippen LogP contribution in [0.25, 0.3) is 0 Å². The van der Waals surface area contributed by atoms with Gasteiger partial charge in [0, 0.05) is 22.5 Å². The van der Waals surface area contributed by atoms with Gasteiger partial charge in [0.25, 0.3) is 0 Å². The number of carboxylic acid groups (broad SMARTS) is 1. The van der Waals surface area contributed by atoms with E-state index in [1.807, 2.05) is 18.2 Å². The summed E-state index contributed by atoms with van der Waals surface area (Å²) in [6, 6.07) is 12.7. The van der Waals surface area contributed by atoms with Gasteiger partial charge in [-0.15, -0.1) is 11.8 Å². The molecule has 3 N–H and O–H groups in total. The highest BCUT2D eigenvalue weighted by Gasteiger charge is 2.81. The third-order valence-corrected chi connectivity index (χ3v) is 10.8. The molecule has 3 atom stereocenters. The second-order valence-electron chi connectivity index (χ2n) is 12.9. The zero-order valence-corrected chi connectivity index (χ0v) is 27.3. The van der Waals surface area contributed by atoms with Gasteiger partial charge >= 0.3 is 29.9 Å². The number of unbranched alkanes of at least 4 members (excludes halogenated alkanes) is 6. The molecule has 14 heteroatoms. The largest absolute Gasteiger partial charge is 0.508 e. The van der Waals surface area contributed by atoms with Gasteiger partial charge in [0.2, 0.25) is 0 Å². The molecule has 0 radical (unpaired) electrons. The lowest BCUT2D eigenvalue weighted by molar-refractivity contribution is -0.396. The maximum Gasteiger partial charge on any atom is 0.460 e. The van der Waals surface area contributed by atoms with E-state index in [4.69, 9.17) is 0 Å². The molecule has 4 nitrogen and oxygen atoms in total. The number of hydrogen-bond acceptors (Lipinski definition) is 4. The summed E-state index contributed by atoms with van der Waals surface area (Å²) in [5, 5.41) is 29.2. The first-order valence-corrected chi connectivity index (χ1v) is 16.9. The minimum atomic E-state index is -6.95. The number of benzene rings is 2. The Morgan fingerprint density at radius 1 is 0.792 bits per heavy atom. The summed E-state index contributed by atoms with van der Waals surface area (Å²) in [6.07, 6.45) is -4.10. The van der Waals surface area contributed by atoms with Crippen molar-refractivity contribution in [1.82, 2.24) is 0 Å². The number of fused-ring (bicyclic) bond motifs is 1. The van der Waals surface area contributed by atoms with E-state index < -0.39 is 55.1 Å². The number of alkyl halides is 9. The Labute approximate surface area is 278 Å². The van der Waals surface area contributed by atoms with E-state index in [0.717, 1.165) is 54.7 Å². The zero-order valence-electron chi connectivity index (χ0n) is 26.4. The smallest absolute Gasteiger partial charge is 0.460 e. The van der Waals surface area contributed by atoms with E-state index in [1.54, 1.807) is 36.0 Å². The van der Waals surface area contributed by atoms with Gasteiger partial charge in [-0.1, -0.05) is 70.1 Å². The molecule has 0 amide bonds. The van der Waals surface area contributed by atoms with Crippen molar-refractivity contribution in [2.75, 3.05) is 5.75 Å². The van der Waals surface area contributed by atoms with Crippen molar-refractivity contribution in [3.05, 3.63) is 53.6 Å². The van der Waals surface area contributed by atoms with Crippen LogP contribution in [0.3, 0.4) is 0 Å². The predicted octanol–water partition coefficient (Wildman–Crippen LogP) is 11.1. The molecule has 0 bridgehead atoms. The predicted molar refractivity (Wildman–Crippen MR) is 164 cm³/mol. The van der Waals surface area contributed by atoms with Crippen molar-refractivity contribution in [2.24, 2.45) is 5.92 Å². The lowest BCUT2D eigenvalue weighted by Gasteiger charge is -2.43. The van der Waals surface area contributed by atoms with E-state index >= 15 is 0 Å². The normalized spacial score (nSPS) is 19.6. The molecule has 3 unspecified atom stereocenters. The number of hydrogen-bond donors (Lipinski definition) is 3. The van der Waals surface area contributed by atoms with Crippen molar-refractivity contribution >= 4 is 17.7 Å². The highest BCUT2D eigenvalue weighted by Crippen LogP contribution is 2.55. The number of phenolic OH excluding ortho intramolecular Hbond substituents is 2. The van der Waals surface area contributed by atoms with Crippen LogP contribution in [-0.4, -0.2) is 51.0 Å². The molecule has 48 heavy (non-hydrogen) atoms. The van der Waals surface area contributed by atoms with Gasteiger partial charge in [-0.2, -0.15) is 39.5 Å². The van der Waals surface area contributed by atoms with E-state index in [-0.39, 0.29) is 29.3 Å². The fourth-order valence-electron chi connectivity index (χ4n) is 6.36. The lowest BCUT2D eigenvalue weighted by Crippen LogP contribution is -2.60. The van der Waals surface area contributed by atoms with Crippen molar-refractivity contribution < 1.29 is 59.6 Å². The number of rotatable bonds is 18. The number of carbonyl (C=O) groups is 1. The average Bonchev–Trinajstić information content (AvgIpc) is 2.99. The minimum absolute atomic E-state index is 0.0283. The maximum absolute atomic E-state index is 13.8. The zero-order chi connectivity index (χ0) is 36.0. The number of phenols is 2. The Morgan fingerprint density at radius 3 is 1.92 bits per heavy atom. The van der Waals surface area contributed by atoms with Crippen molar-refractivity contribution in [3.8, 4) is 11.5 Å². The quantitative estimate of drug-likeness (QED) is 0.106. The van der Waals surface area contributed by atoms with Gasteiger partial charge in [0.15, 0.2) is 0 Å². The summed E-state index contributed by atoms with van der Waals surface area (Å²) >= 11 is 1.69. The van der Waals surface area contributed by atoms with Gasteiger partial charge in [0.05, 0.1) is 5.92 Å². The van der Waals surface area contributed by atoms with Gasteiger partial charge in [0.1, 0.15) is 11.5 Å². The number of thioether (sulfide) groups is 1. The van der Waals surface area contributed by atoms with Gasteiger partial charge < -0.3 is 15.3 Å². The summed E-state index contributed by atoms with van der Waals surface area (Å²) in [7, 11) is 0. The molecule has 0 fully saturated rings. The fraction of sp³-hybridized carbons (Fsp3) is 0.618. The third-order valence-electron chi connectivity index (χ3n) is 9.34. The molecule has 1 aliphatic heterocycles. The second-order valence-corrected chi connectivity index (χ2v) is 13.9. The standard InChI is InChI=1S/C34H41F9O4S/c1-30(23-13-15-24(44)16-14-23)21-48-28-20-25(45)17-18-26(28)27(30)12-8-6-4-2-3-5-7-10-22(29(46)47)11-9-19-31(35,36)32(37,38)33(39,40)34(41,42)43/h13-18,20,22,27,44-45H,2-12,19,21H2,1H3,(H,46,47). The highest BCUT2D eigenvalue weighted by molar-refractivity contribution is 7.99. The Bertz CT molecular complexity index is 1350. The molecule has 0 aromatic heterocycles. The van der Waals surface area contributed by atoms with Crippen LogP contribution >= 0.6 is 11.8 Å². The fourth-order valence-corrected chi connectivity index (χ4v) is 7.76. The first-order chi connectivity index (χ1) is 22.2. The molecule has 1 aliphatic rings. The number of aliphatic carboxylic acids is 1. The Hall–Kier alpha value is -2.77. The van der Waals surface area contributed by atoms with Crippen LogP contribution in [0.4, 0.5) is 39.5 Å². The number of halogens is 9. The van der Waals surface area contributed by atoms with Gasteiger partial charge in [-0.25, -0.2) is 0 Å². The molecule has 0 spiro atoms.